The number of hydrogen-bond acceptors (Lipinski definition) is 6. The number of aryl methyl sites for hydroxylation is 2. The highest BCUT2D eigenvalue weighted by Gasteiger charge is 2.37. The van der Waals surface area contributed by atoms with Gasteiger partial charge in [0.05, 0.1) is 17.4 Å². The molecule has 1 aromatic carbocycles. The summed E-state index contributed by atoms with van der Waals surface area (Å²) in [5.41, 5.74) is -0.874. The number of carboxylic acids is 1. The van der Waals surface area contributed by atoms with Gasteiger partial charge in [-0.1, -0.05) is 6.92 Å². The van der Waals surface area contributed by atoms with Crippen LogP contribution in [0, 0.1) is 31.5 Å². The van der Waals surface area contributed by atoms with Crippen LogP contribution in [0.2, 0.25) is 0 Å². The Balaban J connectivity index is 1.70. The molecule has 1 amide bonds. The predicted octanol–water partition coefficient (Wildman–Crippen LogP) is 8.10. The lowest BCUT2D eigenvalue weighted by Crippen LogP contribution is -2.43. The maximum Gasteiger partial charge on any atom is 0.421 e. The van der Waals surface area contributed by atoms with Crippen molar-refractivity contribution in [2.45, 2.75) is 72.5 Å². The summed E-state index contributed by atoms with van der Waals surface area (Å²) in [6.45, 7) is 8.85. The van der Waals surface area contributed by atoms with Gasteiger partial charge in [-0.2, -0.15) is 13.2 Å². The number of aromatic carboxylic acids is 1. The van der Waals surface area contributed by atoms with E-state index in [9.17, 15) is 27.9 Å². The van der Waals surface area contributed by atoms with Crippen molar-refractivity contribution in [2.75, 3.05) is 4.90 Å². The Hall–Kier alpha value is -4.22. The Morgan fingerprint density at radius 2 is 1.60 bits per heavy atom. The standard InChI is InChI=1S/C31H33F4N3O5/c1-16(2)38(29(39)20-8-6-17(3)7-9-20)26-14-25(32)27(13-23(26)30(40)41)43-28-24(31(33,34)35)12-22(15-36-28)42-21-10-18(4)37-19(5)11-21/h10-17,20H,6-9H2,1-5H3,(H,40,41). The monoisotopic (exact) mass is 603 g/mol. The lowest BCUT2D eigenvalue weighted by Gasteiger charge is -2.34. The first-order chi connectivity index (χ1) is 20.1. The van der Waals surface area contributed by atoms with Crippen LogP contribution in [0.3, 0.4) is 0 Å². The molecule has 0 unspecified atom stereocenters. The number of carbonyl (C=O) groups excluding carboxylic acids is 1. The molecule has 4 rings (SSSR count). The number of alkyl halides is 3. The van der Waals surface area contributed by atoms with E-state index in [1.54, 1.807) is 27.7 Å². The number of aromatic nitrogens is 2. The maximum atomic E-state index is 15.4. The number of carbonyl (C=O) groups is 2. The molecule has 43 heavy (non-hydrogen) atoms. The SMILES string of the molecule is Cc1cc(Oc2cnc(Oc3cc(C(=O)O)c(N(C(=O)C4CCC(C)CC4)C(C)C)cc3F)c(C(F)(F)F)c2)cc(C)n1. The van der Waals surface area contributed by atoms with E-state index in [0.717, 1.165) is 31.2 Å². The van der Waals surface area contributed by atoms with E-state index in [0.29, 0.717) is 36.2 Å². The van der Waals surface area contributed by atoms with Gasteiger partial charge < -0.3 is 19.5 Å². The normalized spacial score (nSPS) is 17.1. The highest BCUT2D eigenvalue weighted by atomic mass is 19.4. The van der Waals surface area contributed by atoms with Gasteiger partial charge >= 0.3 is 12.1 Å². The molecule has 230 valence electrons. The van der Waals surface area contributed by atoms with Crippen molar-refractivity contribution in [3.05, 3.63) is 64.9 Å². The van der Waals surface area contributed by atoms with Crippen LogP contribution >= 0.6 is 0 Å². The second-order valence-corrected chi connectivity index (χ2v) is 11.2. The van der Waals surface area contributed by atoms with E-state index < -0.39 is 46.8 Å². The molecule has 0 atom stereocenters. The van der Waals surface area contributed by atoms with E-state index in [1.165, 1.54) is 17.0 Å². The molecule has 12 heteroatoms. The summed E-state index contributed by atoms with van der Waals surface area (Å²) in [6.07, 6.45) is -1.06. The first-order valence-electron chi connectivity index (χ1n) is 13.9. The minimum absolute atomic E-state index is 0.202. The van der Waals surface area contributed by atoms with E-state index in [4.69, 9.17) is 9.47 Å². The molecule has 3 aromatic rings. The summed E-state index contributed by atoms with van der Waals surface area (Å²) >= 11 is 0. The first-order valence-corrected chi connectivity index (χ1v) is 13.9. The number of anilines is 1. The summed E-state index contributed by atoms with van der Waals surface area (Å²) in [4.78, 5) is 34.9. The van der Waals surface area contributed by atoms with Crippen molar-refractivity contribution in [1.29, 1.82) is 0 Å². The molecule has 1 N–H and O–H groups in total. The van der Waals surface area contributed by atoms with Crippen LogP contribution in [0.1, 0.15) is 73.8 Å². The van der Waals surface area contributed by atoms with Crippen molar-refractivity contribution in [1.82, 2.24) is 9.97 Å². The molecule has 0 aliphatic heterocycles. The van der Waals surface area contributed by atoms with E-state index >= 15 is 4.39 Å². The summed E-state index contributed by atoms with van der Waals surface area (Å²) in [6, 6.07) is 4.79. The Morgan fingerprint density at radius 3 is 2.16 bits per heavy atom. The fourth-order valence-corrected chi connectivity index (χ4v) is 5.22. The predicted molar refractivity (Wildman–Crippen MR) is 150 cm³/mol. The topological polar surface area (TPSA) is 102 Å². The molecule has 2 aromatic heterocycles. The average molecular weight is 604 g/mol. The Labute approximate surface area is 246 Å². The van der Waals surface area contributed by atoms with Crippen LogP contribution in [0.5, 0.6) is 23.1 Å². The number of carboxylic acid groups (broad SMARTS) is 1. The second kappa shape index (κ2) is 12.6. The van der Waals surface area contributed by atoms with Gasteiger partial charge in [-0.15, -0.1) is 0 Å². The molecule has 1 saturated carbocycles. The van der Waals surface area contributed by atoms with Crippen molar-refractivity contribution in [3.63, 3.8) is 0 Å². The molecule has 2 heterocycles. The van der Waals surface area contributed by atoms with E-state index in [1.807, 2.05) is 0 Å². The highest BCUT2D eigenvalue weighted by molar-refractivity contribution is 6.03. The van der Waals surface area contributed by atoms with Crippen molar-refractivity contribution < 1.29 is 41.7 Å². The third-order valence-corrected chi connectivity index (χ3v) is 7.29. The number of benzene rings is 1. The van der Waals surface area contributed by atoms with Crippen LogP contribution in [0.15, 0.2) is 36.5 Å². The minimum Gasteiger partial charge on any atom is -0.478 e. The minimum atomic E-state index is -4.98. The maximum absolute atomic E-state index is 15.4. The quantitative estimate of drug-likeness (QED) is 0.260. The van der Waals surface area contributed by atoms with Gasteiger partial charge in [0.25, 0.3) is 0 Å². The number of amides is 1. The summed E-state index contributed by atoms with van der Waals surface area (Å²) in [5.74, 6) is -4.68. The van der Waals surface area contributed by atoms with Crippen molar-refractivity contribution >= 4 is 17.6 Å². The lowest BCUT2D eigenvalue weighted by molar-refractivity contribution is -0.139. The van der Waals surface area contributed by atoms with E-state index in [-0.39, 0.29) is 29.0 Å². The molecule has 8 nitrogen and oxygen atoms in total. The van der Waals surface area contributed by atoms with Gasteiger partial charge in [-0.05, 0) is 59.3 Å². The van der Waals surface area contributed by atoms with Crippen molar-refractivity contribution in [2.24, 2.45) is 11.8 Å². The number of halogens is 4. The number of pyridine rings is 2. The summed E-state index contributed by atoms with van der Waals surface area (Å²) < 4.78 is 68.3. The van der Waals surface area contributed by atoms with Crippen LogP contribution in [-0.2, 0) is 11.0 Å². The molecule has 1 aliphatic carbocycles. The Morgan fingerprint density at radius 1 is 0.977 bits per heavy atom. The third kappa shape index (κ3) is 7.41. The lowest BCUT2D eigenvalue weighted by atomic mass is 9.82. The molecular formula is C31H33F4N3O5. The molecule has 0 bridgehead atoms. The second-order valence-electron chi connectivity index (χ2n) is 11.2. The molecular weight excluding hydrogens is 570 g/mol. The van der Waals surface area contributed by atoms with Crippen molar-refractivity contribution in [3.8, 4) is 23.1 Å². The number of ether oxygens (including phenoxy) is 2. The Bertz CT molecular complexity index is 1500. The number of rotatable bonds is 8. The van der Waals surface area contributed by atoms with Crippen LogP contribution in [-0.4, -0.2) is 33.0 Å². The third-order valence-electron chi connectivity index (χ3n) is 7.29. The molecule has 1 fully saturated rings. The summed E-state index contributed by atoms with van der Waals surface area (Å²) in [7, 11) is 0. The fourth-order valence-electron chi connectivity index (χ4n) is 5.22. The van der Waals surface area contributed by atoms with Gasteiger partial charge in [0.15, 0.2) is 11.6 Å². The average Bonchev–Trinajstić information content (AvgIpc) is 2.89. The molecule has 0 saturated heterocycles. The fraction of sp³-hybridized carbons (Fsp3) is 0.419. The van der Waals surface area contributed by atoms with Gasteiger partial charge in [0, 0.05) is 53.7 Å². The first kappa shape index (κ1) is 31.7. The molecule has 0 spiro atoms. The highest BCUT2D eigenvalue weighted by Crippen LogP contribution is 2.41. The molecule has 1 aliphatic rings. The number of hydrogen-bond donors (Lipinski definition) is 1. The summed E-state index contributed by atoms with van der Waals surface area (Å²) in [5, 5.41) is 9.97. The van der Waals surface area contributed by atoms with E-state index in [2.05, 4.69) is 16.9 Å². The zero-order chi connectivity index (χ0) is 31.6. The largest absolute Gasteiger partial charge is 0.478 e. The Kier molecular flexibility index (Phi) is 9.26. The number of nitrogens with zero attached hydrogens (tertiary/aromatic N) is 3. The van der Waals surface area contributed by atoms with Gasteiger partial charge in [-0.3, -0.25) is 9.78 Å². The van der Waals surface area contributed by atoms with Gasteiger partial charge in [0.2, 0.25) is 11.8 Å². The van der Waals surface area contributed by atoms with Crippen LogP contribution in [0.25, 0.3) is 0 Å². The molecule has 0 radical (unpaired) electrons. The van der Waals surface area contributed by atoms with Gasteiger partial charge in [0.1, 0.15) is 17.1 Å². The zero-order valence-electron chi connectivity index (χ0n) is 24.5. The van der Waals surface area contributed by atoms with Gasteiger partial charge in [-0.25, -0.2) is 14.2 Å². The zero-order valence-corrected chi connectivity index (χ0v) is 24.5. The van der Waals surface area contributed by atoms with Crippen LogP contribution in [0.4, 0.5) is 23.2 Å². The smallest absolute Gasteiger partial charge is 0.421 e. The van der Waals surface area contributed by atoms with Crippen LogP contribution < -0.4 is 14.4 Å².